The van der Waals surface area contributed by atoms with Crippen LogP contribution in [-0.2, 0) is 4.79 Å². The minimum absolute atomic E-state index is 0.605. The van der Waals surface area contributed by atoms with Gasteiger partial charge in [0.1, 0.15) is 5.75 Å². The number of hydrogen-bond acceptors (Lipinski definition) is 2. The smallest absolute Gasteiger partial charge is 0.327 e. The Labute approximate surface area is 89.0 Å². The number of allylic oxidation sites excluding steroid dienone is 1. The number of carbonyl (C=O) groups is 1. The van der Waals surface area contributed by atoms with Gasteiger partial charge < -0.3 is 9.84 Å². The van der Waals surface area contributed by atoms with Crippen LogP contribution in [0.25, 0.3) is 0 Å². The van der Waals surface area contributed by atoms with Crippen LogP contribution in [0.1, 0.15) is 12.8 Å². The number of unbranched alkanes of at least 4 members (excludes halogenated alkanes) is 1. The molecule has 0 fully saturated rings. The number of benzene rings is 1. The van der Waals surface area contributed by atoms with Crippen molar-refractivity contribution >= 4 is 5.97 Å². The van der Waals surface area contributed by atoms with Gasteiger partial charge in [0.05, 0.1) is 6.61 Å². The van der Waals surface area contributed by atoms with E-state index in [9.17, 15) is 4.79 Å². The summed E-state index contributed by atoms with van der Waals surface area (Å²) < 4.78 is 5.43. The predicted molar refractivity (Wildman–Crippen MR) is 57.9 cm³/mol. The second kappa shape index (κ2) is 6.65. The fraction of sp³-hybridized carbons (Fsp3) is 0.250. The summed E-state index contributed by atoms with van der Waals surface area (Å²) in [5, 5.41) is 8.33. The average Bonchev–Trinajstić information content (AvgIpc) is 2.24. The summed E-state index contributed by atoms with van der Waals surface area (Å²) in [6, 6.07) is 9.56. The summed E-state index contributed by atoms with van der Waals surface area (Å²) in [4.78, 5) is 10.1. The van der Waals surface area contributed by atoms with E-state index in [0.29, 0.717) is 6.61 Å². The molecule has 15 heavy (non-hydrogen) atoms. The standard InChI is InChI=1S/C12H14O3/c13-12(14)9-5-2-6-10-15-11-7-3-1-4-8-11/h1,3-5,7-9H,2,6,10H2,(H,13,14)/b9-5+. The van der Waals surface area contributed by atoms with E-state index in [4.69, 9.17) is 9.84 Å². The molecule has 0 aliphatic carbocycles. The first-order chi connectivity index (χ1) is 7.29. The largest absolute Gasteiger partial charge is 0.494 e. The number of para-hydroxylation sites is 1. The number of hydrogen-bond donors (Lipinski definition) is 1. The molecule has 1 N–H and O–H groups in total. The van der Waals surface area contributed by atoms with E-state index < -0.39 is 5.97 Å². The zero-order valence-electron chi connectivity index (χ0n) is 8.43. The van der Waals surface area contributed by atoms with Crippen molar-refractivity contribution in [3.63, 3.8) is 0 Å². The van der Waals surface area contributed by atoms with Crippen LogP contribution in [0.3, 0.4) is 0 Å². The summed E-state index contributed by atoms with van der Waals surface area (Å²) in [6.07, 6.45) is 4.33. The normalized spacial score (nSPS) is 10.4. The maximum absolute atomic E-state index is 10.1. The topological polar surface area (TPSA) is 46.5 Å². The fourth-order valence-corrected chi connectivity index (χ4v) is 1.09. The number of ether oxygens (including phenoxy) is 1. The van der Waals surface area contributed by atoms with Crippen molar-refractivity contribution in [1.82, 2.24) is 0 Å². The molecule has 0 aliphatic rings. The number of carboxylic acid groups (broad SMARTS) is 1. The summed E-state index contributed by atoms with van der Waals surface area (Å²) in [6.45, 7) is 0.605. The van der Waals surface area contributed by atoms with Crippen LogP contribution in [0.2, 0.25) is 0 Å². The molecular formula is C12H14O3. The molecule has 0 heterocycles. The molecule has 0 atom stereocenters. The molecule has 0 aromatic heterocycles. The lowest BCUT2D eigenvalue weighted by Crippen LogP contribution is -1.96. The highest BCUT2D eigenvalue weighted by Gasteiger charge is 1.90. The minimum Gasteiger partial charge on any atom is -0.494 e. The molecular weight excluding hydrogens is 192 g/mol. The second-order valence-electron chi connectivity index (χ2n) is 3.04. The highest BCUT2D eigenvalue weighted by atomic mass is 16.5. The van der Waals surface area contributed by atoms with Crippen LogP contribution in [0.5, 0.6) is 5.75 Å². The molecule has 0 aliphatic heterocycles. The van der Waals surface area contributed by atoms with E-state index in [1.54, 1.807) is 6.08 Å². The van der Waals surface area contributed by atoms with Gasteiger partial charge in [-0.05, 0) is 25.0 Å². The molecule has 0 unspecified atom stereocenters. The molecule has 1 aromatic carbocycles. The molecule has 0 saturated heterocycles. The maximum Gasteiger partial charge on any atom is 0.327 e. The molecule has 0 bridgehead atoms. The molecule has 1 rings (SSSR count). The van der Waals surface area contributed by atoms with Gasteiger partial charge in [-0.3, -0.25) is 0 Å². The lowest BCUT2D eigenvalue weighted by atomic mass is 10.3. The quantitative estimate of drug-likeness (QED) is 0.574. The Bertz CT molecular complexity index is 317. The monoisotopic (exact) mass is 206 g/mol. The van der Waals surface area contributed by atoms with Gasteiger partial charge in [0.25, 0.3) is 0 Å². The zero-order valence-corrected chi connectivity index (χ0v) is 8.43. The Morgan fingerprint density at radius 3 is 2.73 bits per heavy atom. The van der Waals surface area contributed by atoms with E-state index in [1.807, 2.05) is 30.3 Å². The Morgan fingerprint density at radius 2 is 2.07 bits per heavy atom. The van der Waals surface area contributed by atoms with E-state index >= 15 is 0 Å². The van der Waals surface area contributed by atoms with E-state index in [-0.39, 0.29) is 0 Å². The Morgan fingerprint density at radius 1 is 1.33 bits per heavy atom. The van der Waals surface area contributed by atoms with E-state index in [1.165, 1.54) is 0 Å². The van der Waals surface area contributed by atoms with Crippen molar-refractivity contribution in [3.05, 3.63) is 42.5 Å². The van der Waals surface area contributed by atoms with Crippen LogP contribution >= 0.6 is 0 Å². The van der Waals surface area contributed by atoms with E-state index in [2.05, 4.69) is 0 Å². The van der Waals surface area contributed by atoms with Gasteiger partial charge in [-0.1, -0.05) is 24.3 Å². The van der Waals surface area contributed by atoms with Gasteiger partial charge in [0.15, 0.2) is 0 Å². The molecule has 80 valence electrons. The minimum atomic E-state index is -0.904. The third-order valence-corrected chi connectivity index (χ3v) is 1.79. The lowest BCUT2D eigenvalue weighted by molar-refractivity contribution is -0.131. The molecule has 3 nitrogen and oxygen atoms in total. The van der Waals surface area contributed by atoms with Crippen LogP contribution in [0.4, 0.5) is 0 Å². The number of carboxylic acids is 1. The van der Waals surface area contributed by atoms with Crippen molar-refractivity contribution in [2.45, 2.75) is 12.8 Å². The third kappa shape index (κ3) is 5.52. The van der Waals surface area contributed by atoms with E-state index in [0.717, 1.165) is 24.7 Å². The van der Waals surface area contributed by atoms with Gasteiger partial charge in [-0.2, -0.15) is 0 Å². The first-order valence-corrected chi connectivity index (χ1v) is 4.86. The van der Waals surface area contributed by atoms with Crippen LogP contribution in [0.15, 0.2) is 42.5 Å². The van der Waals surface area contributed by atoms with Crippen LogP contribution in [-0.4, -0.2) is 17.7 Å². The second-order valence-corrected chi connectivity index (χ2v) is 3.04. The zero-order chi connectivity index (χ0) is 10.9. The lowest BCUT2D eigenvalue weighted by Gasteiger charge is -2.03. The van der Waals surface area contributed by atoms with Gasteiger partial charge in [0.2, 0.25) is 0 Å². The first kappa shape index (κ1) is 11.3. The Hall–Kier alpha value is -1.77. The van der Waals surface area contributed by atoms with Crippen LogP contribution < -0.4 is 4.74 Å². The summed E-state index contributed by atoms with van der Waals surface area (Å²) in [5.74, 6) is -0.0568. The summed E-state index contributed by atoms with van der Waals surface area (Å²) >= 11 is 0. The Kier molecular flexibility index (Phi) is 5.01. The number of aliphatic carboxylic acids is 1. The van der Waals surface area contributed by atoms with Crippen molar-refractivity contribution < 1.29 is 14.6 Å². The first-order valence-electron chi connectivity index (χ1n) is 4.86. The molecule has 0 radical (unpaired) electrons. The maximum atomic E-state index is 10.1. The molecule has 1 aromatic rings. The Balaban J connectivity index is 2.10. The van der Waals surface area contributed by atoms with Gasteiger partial charge in [0, 0.05) is 6.08 Å². The van der Waals surface area contributed by atoms with Gasteiger partial charge in [-0.15, -0.1) is 0 Å². The van der Waals surface area contributed by atoms with Gasteiger partial charge in [-0.25, -0.2) is 4.79 Å². The number of rotatable bonds is 6. The fourth-order valence-electron chi connectivity index (χ4n) is 1.09. The SMILES string of the molecule is O=C(O)/C=C/CCCOc1ccccc1. The predicted octanol–water partition coefficient (Wildman–Crippen LogP) is 2.49. The molecule has 3 heteroatoms. The van der Waals surface area contributed by atoms with Crippen molar-refractivity contribution in [2.24, 2.45) is 0 Å². The van der Waals surface area contributed by atoms with Crippen molar-refractivity contribution in [1.29, 1.82) is 0 Å². The van der Waals surface area contributed by atoms with Crippen molar-refractivity contribution in [3.8, 4) is 5.75 Å². The molecule has 0 saturated carbocycles. The van der Waals surface area contributed by atoms with Crippen LogP contribution in [0, 0.1) is 0 Å². The highest BCUT2D eigenvalue weighted by Crippen LogP contribution is 2.08. The molecule has 0 spiro atoms. The van der Waals surface area contributed by atoms with Gasteiger partial charge >= 0.3 is 5.97 Å². The molecule has 0 amide bonds. The average molecular weight is 206 g/mol. The highest BCUT2D eigenvalue weighted by molar-refractivity contribution is 5.79. The van der Waals surface area contributed by atoms with Crippen molar-refractivity contribution in [2.75, 3.05) is 6.61 Å². The summed E-state index contributed by atoms with van der Waals surface area (Å²) in [7, 11) is 0. The third-order valence-electron chi connectivity index (χ3n) is 1.79. The summed E-state index contributed by atoms with van der Waals surface area (Å²) in [5.41, 5.74) is 0.